The molecule has 1 heterocycles. The molecule has 0 spiro atoms. The molecule has 2 nitrogen and oxygen atoms in total. The van der Waals surface area contributed by atoms with Gasteiger partial charge in [0, 0.05) is 24.9 Å². The summed E-state index contributed by atoms with van der Waals surface area (Å²) in [5.41, 5.74) is 0. The molecule has 0 N–H and O–H groups in total. The maximum Gasteiger partial charge on any atom is 0.134 e. The van der Waals surface area contributed by atoms with Crippen molar-refractivity contribution in [1.29, 1.82) is 0 Å². The Bertz CT molecular complexity index is 263. The lowest BCUT2D eigenvalue weighted by molar-refractivity contribution is -0.117. The van der Waals surface area contributed by atoms with Crippen molar-refractivity contribution in [2.45, 2.75) is 63.5 Å². The molecule has 1 aliphatic heterocycles. The highest BCUT2D eigenvalue weighted by molar-refractivity contribution is 5.81. The number of carbonyl (C=O) groups is 1. The fourth-order valence-corrected chi connectivity index (χ4v) is 3.97. The number of nitrogens with zero attached hydrogens (tertiary/aromatic N) is 1. The molecule has 0 aromatic heterocycles. The van der Waals surface area contributed by atoms with E-state index in [1.165, 1.54) is 38.6 Å². The molecule has 15 heavy (non-hydrogen) atoms. The van der Waals surface area contributed by atoms with Crippen LogP contribution in [0.5, 0.6) is 0 Å². The monoisotopic (exact) mass is 207 g/mol. The fraction of sp³-hybridized carbons (Fsp3) is 0.923. The first-order valence-corrected chi connectivity index (χ1v) is 6.62. The van der Waals surface area contributed by atoms with Crippen LogP contribution in [0.15, 0.2) is 0 Å². The molecule has 0 bridgehead atoms. The summed E-state index contributed by atoms with van der Waals surface area (Å²) in [6, 6.07) is 1.46. The number of carbonyl (C=O) groups excluding carboxylic acids is 1. The number of Topliss-reactive ketones (excluding diaryl/α,β-unsaturated/α-hetero) is 1. The van der Waals surface area contributed by atoms with Crippen LogP contribution in [0, 0.1) is 5.92 Å². The zero-order valence-electron chi connectivity index (χ0n) is 9.45. The van der Waals surface area contributed by atoms with Crippen molar-refractivity contribution in [2.75, 3.05) is 6.54 Å². The summed E-state index contributed by atoms with van der Waals surface area (Å²) in [5.74, 6) is 1.47. The Labute approximate surface area is 92.0 Å². The molecule has 2 saturated carbocycles. The maximum atomic E-state index is 11.3. The molecule has 84 valence electrons. The van der Waals surface area contributed by atoms with Crippen LogP contribution >= 0.6 is 0 Å². The molecule has 3 fully saturated rings. The van der Waals surface area contributed by atoms with Crippen molar-refractivity contribution in [3.05, 3.63) is 0 Å². The SMILES string of the molecule is O=C1CCC(N2CC[C@@H]3CCCC[C@@H]32)C1. The molecule has 0 radical (unpaired) electrons. The molecule has 0 aromatic carbocycles. The van der Waals surface area contributed by atoms with Crippen LogP contribution in [0.3, 0.4) is 0 Å². The van der Waals surface area contributed by atoms with Gasteiger partial charge in [0.05, 0.1) is 0 Å². The Balaban J connectivity index is 1.68. The number of hydrogen-bond donors (Lipinski definition) is 0. The van der Waals surface area contributed by atoms with Gasteiger partial charge in [-0.1, -0.05) is 12.8 Å². The van der Waals surface area contributed by atoms with Crippen molar-refractivity contribution in [3.8, 4) is 0 Å². The Kier molecular flexibility index (Phi) is 2.55. The summed E-state index contributed by atoms with van der Waals surface area (Å²) in [6.45, 7) is 1.27. The molecule has 2 aliphatic carbocycles. The van der Waals surface area contributed by atoms with Crippen LogP contribution in [0.4, 0.5) is 0 Å². The van der Waals surface area contributed by atoms with Gasteiger partial charge in [-0.15, -0.1) is 0 Å². The molecule has 2 heteroatoms. The van der Waals surface area contributed by atoms with Gasteiger partial charge < -0.3 is 0 Å². The van der Waals surface area contributed by atoms with Crippen LogP contribution in [0.2, 0.25) is 0 Å². The Morgan fingerprint density at radius 1 is 1.07 bits per heavy atom. The normalized spacial score (nSPS) is 42.1. The largest absolute Gasteiger partial charge is 0.300 e. The number of ketones is 1. The van der Waals surface area contributed by atoms with Crippen LogP contribution in [0.1, 0.15) is 51.4 Å². The van der Waals surface area contributed by atoms with Gasteiger partial charge >= 0.3 is 0 Å². The van der Waals surface area contributed by atoms with E-state index < -0.39 is 0 Å². The minimum Gasteiger partial charge on any atom is -0.300 e. The summed E-state index contributed by atoms with van der Waals surface area (Å²) in [4.78, 5) is 14.0. The average molecular weight is 207 g/mol. The number of rotatable bonds is 1. The van der Waals surface area contributed by atoms with Crippen LogP contribution < -0.4 is 0 Å². The summed E-state index contributed by atoms with van der Waals surface area (Å²) in [6.07, 6.45) is 9.94. The minimum atomic E-state index is 0.499. The third-order valence-electron chi connectivity index (χ3n) is 4.74. The van der Waals surface area contributed by atoms with Crippen LogP contribution in [-0.2, 0) is 4.79 Å². The van der Waals surface area contributed by atoms with Crippen molar-refractivity contribution in [1.82, 2.24) is 4.90 Å². The molecular formula is C13H21NO. The lowest BCUT2D eigenvalue weighted by atomic mass is 9.85. The van der Waals surface area contributed by atoms with Gasteiger partial charge in [0.2, 0.25) is 0 Å². The lowest BCUT2D eigenvalue weighted by Gasteiger charge is -2.35. The van der Waals surface area contributed by atoms with Crippen molar-refractivity contribution >= 4 is 5.78 Å². The number of likely N-dealkylation sites (tertiary alicyclic amines) is 1. The summed E-state index contributed by atoms with van der Waals surface area (Å²) < 4.78 is 0. The molecule has 0 amide bonds. The van der Waals surface area contributed by atoms with Gasteiger partial charge in [-0.2, -0.15) is 0 Å². The van der Waals surface area contributed by atoms with Crippen LogP contribution in [0.25, 0.3) is 0 Å². The highest BCUT2D eigenvalue weighted by Crippen LogP contribution is 2.39. The fourth-order valence-electron chi connectivity index (χ4n) is 3.97. The maximum absolute atomic E-state index is 11.3. The van der Waals surface area contributed by atoms with E-state index in [2.05, 4.69) is 4.90 Å². The van der Waals surface area contributed by atoms with E-state index in [9.17, 15) is 4.79 Å². The van der Waals surface area contributed by atoms with E-state index >= 15 is 0 Å². The second kappa shape index (κ2) is 3.89. The smallest absolute Gasteiger partial charge is 0.134 e. The van der Waals surface area contributed by atoms with Gasteiger partial charge in [-0.25, -0.2) is 0 Å². The number of hydrogen-bond acceptors (Lipinski definition) is 2. The number of fused-ring (bicyclic) bond motifs is 1. The molecule has 0 aromatic rings. The first-order valence-electron chi connectivity index (χ1n) is 6.62. The van der Waals surface area contributed by atoms with E-state index in [4.69, 9.17) is 0 Å². The lowest BCUT2D eigenvalue weighted by Crippen LogP contribution is -2.41. The zero-order chi connectivity index (χ0) is 10.3. The van der Waals surface area contributed by atoms with Gasteiger partial charge in [-0.3, -0.25) is 9.69 Å². The van der Waals surface area contributed by atoms with E-state index in [1.54, 1.807) is 0 Å². The molecule has 3 rings (SSSR count). The predicted molar refractivity (Wildman–Crippen MR) is 59.7 cm³/mol. The Morgan fingerprint density at radius 2 is 1.93 bits per heavy atom. The Hall–Kier alpha value is -0.370. The van der Waals surface area contributed by atoms with Crippen LogP contribution in [-0.4, -0.2) is 29.3 Å². The van der Waals surface area contributed by atoms with Gasteiger partial charge in [0.15, 0.2) is 0 Å². The van der Waals surface area contributed by atoms with Gasteiger partial charge in [0.1, 0.15) is 5.78 Å². The highest BCUT2D eigenvalue weighted by Gasteiger charge is 2.40. The van der Waals surface area contributed by atoms with E-state index in [1.807, 2.05) is 0 Å². The summed E-state index contributed by atoms with van der Waals surface area (Å²) >= 11 is 0. The van der Waals surface area contributed by atoms with Crippen molar-refractivity contribution in [2.24, 2.45) is 5.92 Å². The summed E-state index contributed by atoms with van der Waals surface area (Å²) in [5, 5.41) is 0. The van der Waals surface area contributed by atoms with Gasteiger partial charge in [-0.05, 0) is 38.1 Å². The highest BCUT2D eigenvalue weighted by atomic mass is 16.1. The Morgan fingerprint density at radius 3 is 2.73 bits per heavy atom. The third-order valence-corrected chi connectivity index (χ3v) is 4.74. The van der Waals surface area contributed by atoms with E-state index in [-0.39, 0.29) is 0 Å². The summed E-state index contributed by atoms with van der Waals surface area (Å²) in [7, 11) is 0. The molecule has 3 atom stereocenters. The van der Waals surface area contributed by atoms with Crippen molar-refractivity contribution in [3.63, 3.8) is 0 Å². The minimum absolute atomic E-state index is 0.499. The predicted octanol–water partition coefficient (Wildman–Crippen LogP) is 2.37. The van der Waals surface area contributed by atoms with Crippen molar-refractivity contribution < 1.29 is 4.79 Å². The first-order chi connectivity index (χ1) is 7.34. The quantitative estimate of drug-likeness (QED) is 0.658. The standard InChI is InChI=1S/C13H21NO/c15-12-6-5-11(9-12)14-8-7-10-3-1-2-4-13(10)14/h10-11,13H,1-9H2/t10-,11?,13-/m0/s1. The second-order valence-corrected chi connectivity index (χ2v) is 5.57. The molecule has 1 saturated heterocycles. The first kappa shape index (κ1) is 9.83. The molecule has 3 aliphatic rings. The second-order valence-electron chi connectivity index (χ2n) is 5.57. The third kappa shape index (κ3) is 1.73. The zero-order valence-corrected chi connectivity index (χ0v) is 9.45. The topological polar surface area (TPSA) is 20.3 Å². The van der Waals surface area contributed by atoms with E-state index in [0.717, 1.165) is 31.2 Å². The average Bonchev–Trinajstić information content (AvgIpc) is 2.83. The van der Waals surface area contributed by atoms with E-state index in [0.29, 0.717) is 11.8 Å². The molecular weight excluding hydrogens is 186 g/mol. The van der Waals surface area contributed by atoms with Gasteiger partial charge in [0.25, 0.3) is 0 Å². The molecule has 1 unspecified atom stereocenters.